The number of pyridine rings is 1. The third-order valence-corrected chi connectivity index (χ3v) is 3.89. The number of H-pyrrole nitrogens is 1. The van der Waals surface area contributed by atoms with Crippen molar-refractivity contribution in [2.45, 2.75) is 39.7 Å². The number of carbonyl (C=O) groups excluding carboxylic acids is 1. The van der Waals surface area contributed by atoms with Gasteiger partial charge in [-0.15, -0.1) is 0 Å². The molecule has 1 aromatic heterocycles. The number of aromatic amines is 1. The molecule has 1 heterocycles. The summed E-state index contributed by atoms with van der Waals surface area (Å²) < 4.78 is 10.5. The fourth-order valence-electron chi connectivity index (χ4n) is 2.60. The van der Waals surface area contributed by atoms with E-state index in [0.717, 1.165) is 25.3 Å². The summed E-state index contributed by atoms with van der Waals surface area (Å²) in [6, 6.07) is 3.90. The van der Waals surface area contributed by atoms with Crippen LogP contribution in [0.5, 0.6) is 0 Å². The summed E-state index contributed by atoms with van der Waals surface area (Å²) in [5.41, 5.74) is -0.281. The zero-order valence-electron chi connectivity index (χ0n) is 14.9. The van der Waals surface area contributed by atoms with Crippen molar-refractivity contribution in [3.05, 3.63) is 49.8 Å². The summed E-state index contributed by atoms with van der Waals surface area (Å²) in [6.07, 6.45) is 2.97. The van der Waals surface area contributed by atoms with E-state index in [9.17, 15) is 19.7 Å². The molecule has 0 atom stereocenters. The van der Waals surface area contributed by atoms with Gasteiger partial charge < -0.3 is 14.5 Å². The maximum absolute atomic E-state index is 12.8. The predicted molar refractivity (Wildman–Crippen MR) is 96.4 cm³/mol. The predicted octanol–water partition coefficient (Wildman–Crippen LogP) is 3.32. The van der Waals surface area contributed by atoms with Gasteiger partial charge in [-0.05, 0) is 19.4 Å². The van der Waals surface area contributed by atoms with Crippen molar-refractivity contribution in [1.29, 1.82) is 0 Å². The number of nitrogens with zero attached hydrogens (tertiary/aromatic N) is 1. The van der Waals surface area contributed by atoms with Gasteiger partial charge in [0.1, 0.15) is 5.56 Å². The maximum atomic E-state index is 12.8. The Bertz CT molecular complexity index is 859. The first-order chi connectivity index (χ1) is 12.5. The Morgan fingerprint density at radius 1 is 1.27 bits per heavy atom. The molecule has 0 amide bonds. The van der Waals surface area contributed by atoms with Gasteiger partial charge in [-0.2, -0.15) is 0 Å². The SMILES string of the molecule is CCCCCOCc1[nH]c2ccc([N+](=O)[O-])cc2c(=O)c1C(=O)OCC. The molecule has 8 nitrogen and oxygen atoms in total. The topological polar surface area (TPSA) is 112 Å². The molecule has 0 spiro atoms. The summed E-state index contributed by atoms with van der Waals surface area (Å²) in [5, 5.41) is 11.0. The monoisotopic (exact) mass is 362 g/mol. The maximum Gasteiger partial charge on any atom is 0.344 e. The third kappa shape index (κ3) is 4.45. The smallest absolute Gasteiger partial charge is 0.344 e. The molecule has 140 valence electrons. The van der Waals surface area contributed by atoms with Crippen LogP contribution in [-0.4, -0.2) is 29.1 Å². The van der Waals surface area contributed by atoms with Crippen LogP contribution in [0.3, 0.4) is 0 Å². The molecular formula is C18H22N2O6. The molecule has 26 heavy (non-hydrogen) atoms. The van der Waals surface area contributed by atoms with E-state index >= 15 is 0 Å². The van der Waals surface area contributed by atoms with Crippen LogP contribution in [0, 0.1) is 10.1 Å². The number of ether oxygens (including phenoxy) is 2. The summed E-state index contributed by atoms with van der Waals surface area (Å²) in [6.45, 7) is 4.40. The van der Waals surface area contributed by atoms with Crippen molar-refractivity contribution in [2.24, 2.45) is 0 Å². The molecule has 2 aromatic rings. The summed E-state index contributed by atoms with van der Waals surface area (Å²) in [7, 11) is 0. The zero-order valence-corrected chi connectivity index (χ0v) is 14.9. The number of esters is 1. The van der Waals surface area contributed by atoms with E-state index in [2.05, 4.69) is 11.9 Å². The molecule has 0 saturated heterocycles. The molecular weight excluding hydrogens is 340 g/mol. The van der Waals surface area contributed by atoms with Gasteiger partial charge in [0.05, 0.1) is 34.7 Å². The van der Waals surface area contributed by atoms with Crippen molar-refractivity contribution in [3.63, 3.8) is 0 Å². The number of aromatic nitrogens is 1. The van der Waals surface area contributed by atoms with Crippen LogP contribution >= 0.6 is 0 Å². The Kier molecular flexibility index (Phi) is 6.85. The Balaban J connectivity index is 2.46. The first-order valence-electron chi connectivity index (χ1n) is 8.57. The molecule has 0 saturated carbocycles. The minimum Gasteiger partial charge on any atom is -0.462 e. The van der Waals surface area contributed by atoms with E-state index in [1.165, 1.54) is 12.1 Å². The Morgan fingerprint density at radius 3 is 2.69 bits per heavy atom. The van der Waals surface area contributed by atoms with Crippen molar-refractivity contribution in [2.75, 3.05) is 13.2 Å². The highest BCUT2D eigenvalue weighted by molar-refractivity contribution is 5.95. The number of rotatable bonds is 9. The number of nitro benzene ring substituents is 1. The number of nitro groups is 1. The van der Waals surface area contributed by atoms with Gasteiger partial charge in [-0.25, -0.2) is 4.79 Å². The molecule has 0 fully saturated rings. The molecule has 0 aliphatic heterocycles. The Hall–Kier alpha value is -2.74. The van der Waals surface area contributed by atoms with Gasteiger partial charge in [-0.1, -0.05) is 19.8 Å². The number of unbranched alkanes of at least 4 members (excludes halogenated alkanes) is 2. The molecule has 1 aromatic carbocycles. The van der Waals surface area contributed by atoms with Crippen LogP contribution in [0.15, 0.2) is 23.0 Å². The van der Waals surface area contributed by atoms with Crippen molar-refractivity contribution in [3.8, 4) is 0 Å². The molecule has 0 aliphatic carbocycles. The van der Waals surface area contributed by atoms with Gasteiger partial charge >= 0.3 is 5.97 Å². The molecule has 0 aliphatic rings. The molecule has 8 heteroatoms. The van der Waals surface area contributed by atoms with E-state index in [1.54, 1.807) is 6.92 Å². The van der Waals surface area contributed by atoms with E-state index in [1.807, 2.05) is 0 Å². The lowest BCUT2D eigenvalue weighted by molar-refractivity contribution is -0.384. The summed E-state index contributed by atoms with van der Waals surface area (Å²) >= 11 is 0. The first kappa shape index (κ1) is 19.6. The highest BCUT2D eigenvalue weighted by Gasteiger charge is 2.21. The fourth-order valence-corrected chi connectivity index (χ4v) is 2.60. The lowest BCUT2D eigenvalue weighted by Crippen LogP contribution is -2.22. The lowest BCUT2D eigenvalue weighted by atomic mass is 10.1. The first-order valence-corrected chi connectivity index (χ1v) is 8.57. The van der Waals surface area contributed by atoms with Crippen LogP contribution in [0.4, 0.5) is 5.69 Å². The highest BCUT2D eigenvalue weighted by atomic mass is 16.6. The van der Waals surface area contributed by atoms with Crippen LogP contribution < -0.4 is 5.43 Å². The summed E-state index contributed by atoms with van der Waals surface area (Å²) in [4.78, 5) is 38.4. The minimum absolute atomic E-state index is 0.0556. The summed E-state index contributed by atoms with van der Waals surface area (Å²) in [5.74, 6) is -0.769. The molecule has 2 rings (SSSR count). The van der Waals surface area contributed by atoms with E-state index in [4.69, 9.17) is 9.47 Å². The average molecular weight is 362 g/mol. The van der Waals surface area contributed by atoms with Crippen LogP contribution in [0.1, 0.15) is 49.2 Å². The van der Waals surface area contributed by atoms with Gasteiger partial charge in [0.2, 0.25) is 5.43 Å². The minimum atomic E-state index is -0.769. The number of fused-ring (bicyclic) bond motifs is 1. The largest absolute Gasteiger partial charge is 0.462 e. The van der Waals surface area contributed by atoms with E-state index in [-0.39, 0.29) is 29.9 Å². The fraction of sp³-hybridized carbons (Fsp3) is 0.444. The Morgan fingerprint density at radius 2 is 2.04 bits per heavy atom. The number of benzene rings is 1. The molecule has 0 radical (unpaired) electrons. The number of non-ortho nitro benzene ring substituents is 1. The average Bonchev–Trinajstić information content (AvgIpc) is 2.61. The third-order valence-electron chi connectivity index (χ3n) is 3.89. The number of hydrogen-bond donors (Lipinski definition) is 1. The second-order valence-electron chi connectivity index (χ2n) is 5.77. The number of carbonyl (C=O) groups is 1. The van der Waals surface area contributed by atoms with Crippen molar-refractivity contribution in [1.82, 2.24) is 4.98 Å². The second-order valence-corrected chi connectivity index (χ2v) is 5.77. The van der Waals surface area contributed by atoms with Crippen molar-refractivity contribution >= 4 is 22.6 Å². The van der Waals surface area contributed by atoms with Crippen molar-refractivity contribution < 1.29 is 19.2 Å². The number of nitrogens with one attached hydrogen (secondary N) is 1. The second kappa shape index (κ2) is 9.10. The van der Waals surface area contributed by atoms with Gasteiger partial charge in [0.25, 0.3) is 5.69 Å². The Labute approximate surface area is 150 Å². The standard InChI is InChI=1S/C18H22N2O6/c1-3-5-6-9-25-11-15-16(18(22)26-4-2)17(21)13-10-12(20(23)24)7-8-14(13)19-15/h7-8,10H,3-6,9,11H2,1-2H3,(H,19,21). The molecule has 0 bridgehead atoms. The van der Waals surface area contributed by atoms with E-state index in [0.29, 0.717) is 17.8 Å². The quantitative estimate of drug-likeness (QED) is 0.317. The molecule has 1 N–H and O–H groups in total. The zero-order chi connectivity index (χ0) is 19.1. The highest BCUT2D eigenvalue weighted by Crippen LogP contribution is 2.19. The lowest BCUT2D eigenvalue weighted by Gasteiger charge is -2.11. The van der Waals surface area contributed by atoms with Gasteiger partial charge in [0.15, 0.2) is 0 Å². The van der Waals surface area contributed by atoms with Gasteiger partial charge in [-0.3, -0.25) is 14.9 Å². The van der Waals surface area contributed by atoms with Crippen LogP contribution in [-0.2, 0) is 16.1 Å². The van der Waals surface area contributed by atoms with Gasteiger partial charge in [0, 0.05) is 18.7 Å². The van der Waals surface area contributed by atoms with E-state index < -0.39 is 16.3 Å². The number of hydrogen-bond acceptors (Lipinski definition) is 6. The van der Waals surface area contributed by atoms with Crippen LogP contribution in [0.25, 0.3) is 10.9 Å². The van der Waals surface area contributed by atoms with Crippen LogP contribution in [0.2, 0.25) is 0 Å². The molecule has 0 unspecified atom stereocenters. The normalized spacial score (nSPS) is 10.8.